The van der Waals surface area contributed by atoms with Gasteiger partial charge in [0.2, 0.25) is 5.91 Å². The number of esters is 1. The van der Waals surface area contributed by atoms with E-state index in [0.29, 0.717) is 18.1 Å². The largest absolute Gasteiger partial charge is 0.467 e. The zero-order chi connectivity index (χ0) is 27.7. The van der Waals surface area contributed by atoms with Crippen LogP contribution >= 0.6 is 11.6 Å². The quantitative estimate of drug-likeness (QED) is 0.458. The number of carbonyl (C=O) groups is 4. The van der Waals surface area contributed by atoms with Crippen molar-refractivity contribution in [1.29, 1.82) is 0 Å². The maximum Gasteiger partial charge on any atom is 0.410 e. The molecule has 10 nitrogen and oxygen atoms in total. The first kappa shape index (κ1) is 28.6. The molecule has 0 bridgehead atoms. The molecule has 37 heavy (non-hydrogen) atoms. The smallest absolute Gasteiger partial charge is 0.410 e. The van der Waals surface area contributed by atoms with E-state index in [0.717, 1.165) is 11.1 Å². The molecule has 0 spiro atoms. The molecule has 0 saturated carbocycles. The first-order valence-electron chi connectivity index (χ1n) is 12.2. The Morgan fingerprint density at radius 2 is 1.76 bits per heavy atom. The molecule has 1 aromatic rings. The predicted molar refractivity (Wildman–Crippen MR) is 136 cm³/mol. The lowest BCUT2D eigenvalue weighted by Gasteiger charge is -2.35. The molecule has 2 heterocycles. The van der Waals surface area contributed by atoms with E-state index >= 15 is 0 Å². The number of alkyl carbamates (subject to hydrolysis) is 1. The molecular formula is C26H36ClN3O7. The monoisotopic (exact) mass is 537 g/mol. The van der Waals surface area contributed by atoms with Gasteiger partial charge in [0.05, 0.1) is 20.2 Å². The van der Waals surface area contributed by atoms with Crippen molar-refractivity contribution >= 4 is 35.7 Å². The second kappa shape index (κ2) is 10.8. The number of hydrogen-bond acceptors (Lipinski definition) is 7. The van der Waals surface area contributed by atoms with Crippen LogP contribution in [0.2, 0.25) is 5.02 Å². The summed E-state index contributed by atoms with van der Waals surface area (Å²) >= 11 is 6.26. The molecule has 0 unspecified atom stereocenters. The van der Waals surface area contributed by atoms with Gasteiger partial charge in [-0.25, -0.2) is 14.4 Å². The summed E-state index contributed by atoms with van der Waals surface area (Å²) < 4.78 is 16.0. The third kappa shape index (κ3) is 6.85. The van der Waals surface area contributed by atoms with Crippen LogP contribution in [0.25, 0.3) is 0 Å². The van der Waals surface area contributed by atoms with Gasteiger partial charge in [0.1, 0.15) is 23.8 Å². The molecule has 0 aliphatic carbocycles. The standard InChI is InChI=1S/C26H36ClN3O7/c1-25(2,3)20(28-23(33)37-26(4,5)6)21(31)30-13-16(11-19(30)22(32)35-7)36-24(34)29-12-15-9-8-10-18(27)17(15)14-29/h8-10,16,19-20H,11-14H2,1-7H3,(H,28,33)/t16-,19+,20-/m1/s1. The number of likely N-dealkylation sites (tertiary alicyclic amines) is 1. The van der Waals surface area contributed by atoms with E-state index in [2.05, 4.69) is 5.32 Å². The van der Waals surface area contributed by atoms with Crippen molar-refractivity contribution in [3.8, 4) is 0 Å². The van der Waals surface area contributed by atoms with Crippen LogP contribution in [0.5, 0.6) is 0 Å². The average Bonchev–Trinajstić information content (AvgIpc) is 3.40. The van der Waals surface area contributed by atoms with Crippen LogP contribution in [-0.4, -0.2) is 71.3 Å². The summed E-state index contributed by atoms with van der Waals surface area (Å²) in [6, 6.07) is 3.54. The Balaban J connectivity index is 1.74. The average molecular weight is 538 g/mol. The Kier molecular flexibility index (Phi) is 8.31. The van der Waals surface area contributed by atoms with Gasteiger partial charge < -0.3 is 24.4 Å². The van der Waals surface area contributed by atoms with E-state index in [-0.39, 0.29) is 13.0 Å². The molecule has 2 aliphatic heterocycles. The number of fused-ring (bicyclic) bond motifs is 1. The number of benzene rings is 1. The number of hydrogen-bond donors (Lipinski definition) is 1. The fourth-order valence-corrected chi connectivity index (χ4v) is 4.71. The number of carbonyl (C=O) groups excluding carboxylic acids is 4. The van der Waals surface area contributed by atoms with Gasteiger partial charge >= 0.3 is 18.2 Å². The minimum absolute atomic E-state index is 0.0194. The zero-order valence-corrected chi connectivity index (χ0v) is 23.2. The van der Waals surface area contributed by atoms with E-state index in [1.807, 2.05) is 12.1 Å². The lowest BCUT2D eigenvalue weighted by Crippen LogP contribution is -2.57. The van der Waals surface area contributed by atoms with Crippen molar-refractivity contribution < 1.29 is 33.4 Å². The van der Waals surface area contributed by atoms with Crippen LogP contribution in [0.4, 0.5) is 9.59 Å². The summed E-state index contributed by atoms with van der Waals surface area (Å²) in [5.41, 5.74) is 0.361. The highest BCUT2D eigenvalue weighted by Gasteiger charge is 2.47. The Bertz CT molecular complexity index is 1060. The summed E-state index contributed by atoms with van der Waals surface area (Å²) in [6.45, 7) is 11.2. The Morgan fingerprint density at radius 1 is 1.08 bits per heavy atom. The molecule has 1 saturated heterocycles. The highest BCUT2D eigenvalue weighted by atomic mass is 35.5. The minimum Gasteiger partial charge on any atom is -0.467 e. The highest BCUT2D eigenvalue weighted by molar-refractivity contribution is 6.31. The van der Waals surface area contributed by atoms with Gasteiger partial charge in [0, 0.05) is 18.0 Å². The Morgan fingerprint density at radius 3 is 2.32 bits per heavy atom. The first-order valence-corrected chi connectivity index (χ1v) is 12.6. The lowest BCUT2D eigenvalue weighted by atomic mass is 9.85. The van der Waals surface area contributed by atoms with Crippen molar-refractivity contribution in [3.05, 3.63) is 34.3 Å². The van der Waals surface area contributed by atoms with Gasteiger partial charge in [0.15, 0.2) is 0 Å². The molecule has 1 aromatic carbocycles. The number of rotatable bonds is 4. The summed E-state index contributed by atoms with van der Waals surface area (Å²) in [4.78, 5) is 54.6. The van der Waals surface area contributed by atoms with Crippen molar-refractivity contribution in [2.75, 3.05) is 13.7 Å². The molecule has 1 fully saturated rings. The maximum atomic E-state index is 13.7. The molecule has 2 aliphatic rings. The highest BCUT2D eigenvalue weighted by Crippen LogP contribution is 2.31. The second-order valence-electron chi connectivity index (χ2n) is 11.4. The van der Waals surface area contributed by atoms with Crippen LogP contribution in [0.1, 0.15) is 59.1 Å². The third-order valence-corrected chi connectivity index (χ3v) is 6.60. The fourth-order valence-electron chi connectivity index (χ4n) is 4.45. The molecule has 3 atom stereocenters. The SMILES string of the molecule is COC(=O)[C@@H]1C[C@@H](OC(=O)N2Cc3cccc(Cl)c3C2)CN1C(=O)[C@@H](NC(=O)OC(C)(C)C)C(C)(C)C. The van der Waals surface area contributed by atoms with Crippen LogP contribution in [0, 0.1) is 5.41 Å². The van der Waals surface area contributed by atoms with Gasteiger partial charge in [0.25, 0.3) is 0 Å². The van der Waals surface area contributed by atoms with Crippen LogP contribution < -0.4 is 5.32 Å². The maximum absolute atomic E-state index is 13.7. The molecule has 11 heteroatoms. The summed E-state index contributed by atoms with van der Waals surface area (Å²) in [6.07, 6.45) is -1.96. The number of methoxy groups -OCH3 is 1. The van der Waals surface area contributed by atoms with E-state index in [4.69, 9.17) is 25.8 Å². The number of nitrogens with zero attached hydrogens (tertiary/aromatic N) is 2. The number of halogens is 1. The summed E-state index contributed by atoms with van der Waals surface area (Å²) in [5.74, 6) is -1.12. The fraction of sp³-hybridized carbons (Fsp3) is 0.615. The van der Waals surface area contributed by atoms with Crippen LogP contribution in [-0.2, 0) is 36.9 Å². The van der Waals surface area contributed by atoms with Gasteiger partial charge in [-0.05, 0) is 43.4 Å². The number of nitrogens with one attached hydrogen (secondary N) is 1. The first-order chi connectivity index (χ1) is 17.1. The molecule has 3 amide bonds. The van der Waals surface area contributed by atoms with Gasteiger partial charge in [-0.2, -0.15) is 0 Å². The molecule has 1 N–H and O–H groups in total. The Hall–Kier alpha value is -3.01. The number of ether oxygens (including phenoxy) is 3. The lowest BCUT2D eigenvalue weighted by molar-refractivity contribution is -0.152. The Labute approximate surface area is 222 Å². The third-order valence-electron chi connectivity index (χ3n) is 6.24. The van der Waals surface area contributed by atoms with Crippen molar-refractivity contribution in [2.24, 2.45) is 5.41 Å². The van der Waals surface area contributed by atoms with Crippen molar-refractivity contribution in [2.45, 2.75) is 84.8 Å². The molecule has 0 radical (unpaired) electrons. The van der Waals surface area contributed by atoms with Crippen LogP contribution in [0.15, 0.2) is 18.2 Å². The predicted octanol–water partition coefficient (Wildman–Crippen LogP) is 3.87. The van der Waals surface area contributed by atoms with Crippen LogP contribution in [0.3, 0.4) is 0 Å². The summed E-state index contributed by atoms with van der Waals surface area (Å²) in [7, 11) is 1.23. The molecule has 0 aromatic heterocycles. The van der Waals surface area contributed by atoms with E-state index < -0.39 is 53.3 Å². The summed E-state index contributed by atoms with van der Waals surface area (Å²) in [5, 5.41) is 3.24. The molecular weight excluding hydrogens is 502 g/mol. The van der Waals surface area contributed by atoms with E-state index in [1.54, 1.807) is 47.6 Å². The minimum atomic E-state index is -1.00. The second-order valence-corrected chi connectivity index (χ2v) is 11.9. The van der Waals surface area contributed by atoms with Crippen molar-refractivity contribution in [1.82, 2.24) is 15.1 Å². The van der Waals surface area contributed by atoms with E-state index in [9.17, 15) is 19.2 Å². The van der Waals surface area contributed by atoms with E-state index in [1.165, 1.54) is 16.9 Å². The number of amides is 3. The van der Waals surface area contributed by atoms with Crippen molar-refractivity contribution in [3.63, 3.8) is 0 Å². The van der Waals surface area contributed by atoms with Gasteiger partial charge in [-0.1, -0.05) is 44.5 Å². The molecule has 3 rings (SSSR count). The van der Waals surface area contributed by atoms with Gasteiger partial charge in [-0.3, -0.25) is 9.69 Å². The van der Waals surface area contributed by atoms with Gasteiger partial charge in [-0.15, -0.1) is 0 Å². The topological polar surface area (TPSA) is 114 Å². The normalized spacial score (nSPS) is 20.2. The zero-order valence-electron chi connectivity index (χ0n) is 22.4. The molecule has 204 valence electrons.